The first-order valence-electron chi connectivity index (χ1n) is 31.8. The summed E-state index contributed by atoms with van der Waals surface area (Å²) in [5, 5.41) is 54.2. The average molecular weight is 1060 g/mol. The van der Waals surface area contributed by atoms with E-state index < -0.39 is 49.5 Å². The van der Waals surface area contributed by atoms with E-state index in [1.807, 2.05) is 6.08 Å². The minimum absolute atomic E-state index is 0.0108. The van der Waals surface area contributed by atoms with Gasteiger partial charge in [-0.15, -0.1) is 0 Å². The quantitative estimate of drug-likeness (QED) is 0.0195. The highest BCUT2D eigenvalue weighted by Gasteiger charge is 2.44. The molecule has 0 radical (unpaired) electrons. The molecule has 11 heteroatoms. The number of nitrogens with one attached hydrogen (secondary N) is 1. The standard InChI is InChI=1S/C64H119NO10/c1-3-5-7-9-11-13-14-15-16-17-23-26-29-32-36-40-44-48-52-60(69)73-53-49-45-41-37-33-30-27-24-21-19-18-20-22-25-28-31-35-39-43-47-51-59(68)65-56(57(67)50-46-42-38-34-12-10-8-6-4-2)55-74-64-63(72)62(71)61(70)58(54-66)75-64/h13-14,16-17,46,50,56-58,61-64,66-67,70-72H,3-12,15,18-45,47-49,51-55H2,1-2H3,(H,65,68)/b14-13-,17-16-,50-46+. The van der Waals surface area contributed by atoms with E-state index >= 15 is 0 Å². The summed E-state index contributed by atoms with van der Waals surface area (Å²) in [6.07, 6.45) is 56.8. The fraction of sp³-hybridized carbons (Fsp3) is 0.875. The molecular formula is C64H119NO10. The molecule has 1 aliphatic rings. The van der Waals surface area contributed by atoms with Crippen LogP contribution in [0.2, 0.25) is 0 Å². The van der Waals surface area contributed by atoms with Crippen molar-refractivity contribution in [3.05, 3.63) is 36.5 Å². The van der Waals surface area contributed by atoms with E-state index in [1.165, 1.54) is 199 Å². The molecule has 75 heavy (non-hydrogen) atoms. The van der Waals surface area contributed by atoms with Gasteiger partial charge in [0.25, 0.3) is 0 Å². The molecule has 1 amide bonds. The molecule has 1 heterocycles. The Balaban J connectivity index is 1.97. The number of allylic oxidation sites excluding steroid dienone is 5. The summed E-state index contributed by atoms with van der Waals surface area (Å²) in [6.45, 7) is 4.30. The van der Waals surface area contributed by atoms with Gasteiger partial charge in [-0.1, -0.05) is 256 Å². The lowest BCUT2D eigenvalue weighted by molar-refractivity contribution is -0.302. The van der Waals surface area contributed by atoms with Gasteiger partial charge in [-0.05, 0) is 64.2 Å². The first-order chi connectivity index (χ1) is 36.7. The highest BCUT2D eigenvalue weighted by Crippen LogP contribution is 2.23. The van der Waals surface area contributed by atoms with Crippen LogP contribution in [0.4, 0.5) is 0 Å². The molecule has 440 valence electrons. The predicted octanol–water partition coefficient (Wildman–Crippen LogP) is 15.1. The van der Waals surface area contributed by atoms with E-state index in [-0.39, 0.29) is 18.5 Å². The van der Waals surface area contributed by atoms with Crippen LogP contribution in [0, 0.1) is 0 Å². The number of aliphatic hydroxyl groups excluding tert-OH is 5. The molecule has 1 rings (SSSR count). The SMILES string of the molecule is CCCCCC/C=C\C/C=C\CCCCCCCCCC(=O)OCCCCCCCCCCCCCCCCCCCCCCC(=O)NC(COC1OC(CO)C(O)C(O)C1O)C(O)/C=C/CCCCCCCCC. The average Bonchev–Trinajstić information content (AvgIpc) is 3.41. The van der Waals surface area contributed by atoms with Crippen LogP contribution in [0.5, 0.6) is 0 Å². The molecule has 0 aromatic rings. The van der Waals surface area contributed by atoms with Gasteiger partial charge in [-0.3, -0.25) is 9.59 Å². The Hall–Kier alpha value is -2.12. The first-order valence-corrected chi connectivity index (χ1v) is 31.8. The number of ether oxygens (including phenoxy) is 3. The number of carbonyl (C=O) groups excluding carboxylic acids is 2. The second kappa shape index (κ2) is 53.9. The second-order valence-corrected chi connectivity index (χ2v) is 22.1. The van der Waals surface area contributed by atoms with Crippen molar-refractivity contribution in [1.82, 2.24) is 5.32 Å². The molecule has 0 saturated carbocycles. The van der Waals surface area contributed by atoms with Gasteiger partial charge in [0.1, 0.15) is 24.4 Å². The zero-order valence-electron chi connectivity index (χ0n) is 48.5. The lowest BCUT2D eigenvalue weighted by atomic mass is 9.99. The van der Waals surface area contributed by atoms with Gasteiger partial charge in [0.05, 0.1) is 32.0 Å². The van der Waals surface area contributed by atoms with Gasteiger partial charge in [-0.25, -0.2) is 0 Å². The molecule has 0 aromatic carbocycles. The molecule has 11 nitrogen and oxygen atoms in total. The number of aliphatic hydroxyl groups is 5. The van der Waals surface area contributed by atoms with E-state index in [0.717, 1.165) is 70.6 Å². The van der Waals surface area contributed by atoms with E-state index in [0.29, 0.717) is 19.4 Å². The largest absolute Gasteiger partial charge is 0.466 e. The van der Waals surface area contributed by atoms with Gasteiger partial charge < -0.3 is 45.1 Å². The molecule has 1 fully saturated rings. The smallest absolute Gasteiger partial charge is 0.305 e. The lowest BCUT2D eigenvalue weighted by Gasteiger charge is -2.40. The zero-order chi connectivity index (χ0) is 54.5. The van der Waals surface area contributed by atoms with Gasteiger partial charge in [0, 0.05) is 12.8 Å². The summed E-state index contributed by atoms with van der Waals surface area (Å²) in [7, 11) is 0. The molecule has 1 aliphatic heterocycles. The van der Waals surface area contributed by atoms with Crippen LogP contribution in [0.15, 0.2) is 36.5 Å². The van der Waals surface area contributed by atoms with Gasteiger partial charge >= 0.3 is 5.97 Å². The Morgan fingerprint density at radius 2 is 0.893 bits per heavy atom. The van der Waals surface area contributed by atoms with Crippen molar-refractivity contribution in [3.8, 4) is 0 Å². The Bertz CT molecular complexity index is 1340. The molecule has 0 aliphatic carbocycles. The number of hydrogen-bond acceptors (Lipinski definition) is 10. The normalized spacial score (nSPS) is 18.9. The molecule has 1 saturated heterocycles. The monoisotopic (exact) mass is 1060 g/mol. The van der Waals surface area contributed by atoms with Crippen molar-refractivity contribution in [2.24, 2.45) is 0 Å². The second-order valence-electron chi connectivity index (χ2n) is 22.1. The first kappa shape index (κ1) is 70.9. The van der Waals surface area contributed by atoms with Crippen LogP contribution >= 0.6 is 0 Å². The highest BCUT2D eigenvalue weighted by atomic mass is 16.7. The summed E-state index contributed by atoms with van der Waals surface area (Å²) in [5.74, 6) is -0.196. The van der Waals surface area contributed by atoms with Gasteiger partial charge in [0.15, 0.2) is 6.29 Å². The Morgan fingerprint density at radius 3 is 1.36 bits per heavy atom. The minimum atomic E-state index is -1.57. The van der Waals surface area contributed by atoms with Crippen LogP contribution in [0.1, 0.15) is 296 Å². The Morgan fingerprint density at radius 1 is 0.493 bits per heavy atom. The fourth-order valence-electron chi connectivity index (χ4n) is 9.94. The number of hydrogen-bond donors (Lipinski definition) is 6. The summed E-state index contributed by atoms with van der Waals surface area (Å²) >= 11 is 0. The molecular weight excluding hydrogens is 943 g/mol. The molecule has 7 unspecified atom stereocenters. The maximum atomic E-state index is 13.0. The van der Waals surface area contributed by atoms with Gasteiger partial charge in [-0.2, -0.15) is 0 Å². The predicted molar refractivity (Wildman–Crippen MR) is 311 cm³/mol. The van der Waals surface area contributed by atoms with Crippen molar-refractivity contribution >= 4 is 11.9 Å². The van der Waals surface area contributed by atoms with Crippen LogP contribution in [0.25, 0.3) is 0 Å². The van der Waals surface area contributed by atoms with E-state index in [9.17, 15) is 35.1 Å². The van der Waals surface area contributed by atoms with Crippen molar-refractivity contribution in [2.75, 3.05) is 19.8 Å². The van der Waals surface area contributed by atoms with Crippen molar-refractivity contribution in [3.63, 3.8) is 0 Å². The van der Waals surface area contributed by atoms with E-state index in [4.69, 9.17) is 14.2 Å². The van der Waals surface area contributed by atoms with E-state index in [1.54, 1.807) is 6.08 Å². The lowest BCUT2D eigenvalue weighted by Crippen LogP contribution is -2.60. The number of amides is 1. The summed E-state index contributed by atoms with van der Waals surface area (Å²) < 4.78 is 16.7. The van der Waals surface area contributed by atoms with Gasteiger partial charge in [0.2, 0.25) is 5.91 Å². The fourth-order valence-corrected chi connectivity index (χ4v) is 9.94. The maximum Gasteiger partial charge on any atom is 0.305 e. The molecule has 0 bridgehead atoms. The molecule has 6 N–H and O–H groups in total. The summed E-state index contributed by atoms with van der Waals surface area (Å²) in [5.41, 5.74) is 0. The Kier molecular flexibility index (Phi) is 50.9. The van der Waals surface area contributed by atoms with Crippen molar-refractivity contribution < 1.29 is 49.3 Å². The summed E-state index contributed by atoms with van der Waals surface area (Å²) in [6, 6.07) is -0.810. The van der Waals surface area contributed by atoms with Crippen LogP contribution in [0.3, 0.4) is 0 Å². The number of carbonyl (C=O) groups is 2. The van der Waals surface area contributed by atoms with E-state index in [2.05, 4.69) is 43.5 Å². The number of esters is 1. The molecule has 0 aromatic heterocycles. The number of rotatable bonds is 55. The van der Waals surface area contributed by atoms with Crippen LogP contribution < -0.4 is 5.32 Å². The maximum absolute atomic E-state index is 13.0. The Labute approximate surface area is 460 Å². The molecule has 7 atom stereocenters. The number of unbranched alkanes of at least 4 members (excludes halogenated alkanes) is 37. The van der Waals surface area contributed by atoms with Crippen molar-refractivity contribution in [1.29, 1.82) is 0 Å². The van der Waals surface area contributed by atoms with Crippen LogP contribution in [-0.4, -0.2) is 100 Å². The zero-order valence-corrected chi connectivity index (χ0v) is 48.5. The third-order valence-electron chi connectivity index (χ3n) is 15.0. The third-order valence-corrected chi connectivity index (χ3v) is 15.0. The van der Waals surface area contributed by atoms with Crippen molar-refractivity contribution in [2.45, 2.75) is 339 Å². The van der Waals surface area contributed by atoms with Crippen LogP contribution in [-0.2, 0) is 23.8 Å². The minimum Gasteiger partial charge on any atom is -0.466 e. The molecule has 0 spiro atoms. The summed E-state index contributed by atoms with van der Waals surface area (Å²) in [4.78, 5) is 25.1. The highest BCUT2D eigenvalue weighted by molar-refractivity contribution is 5.76. The topological polar surface area (TPSA) is 175 Å². The third kappa shape index (κ3) is 43.4.